The summed E-state index contributed by atoms with van der Waals surface area (Å²) in [5, 5.41) is 0. The second-order valence-electron chi connectivity index (χ2n) is 2.56. The zero-order valence-electron chi connectivity index (χ0n) is 7.34. The van der Waals surface area contributed by atoms with Crippen molar-refractivity contribution in [1.82, 2.24) is 4.98 Å². The highest BCUT2D eigenvalue weighted by Crippen LogP contribution is 2.31. The van der Waals surface area contributed by atoms with Crippen LogP contribution in [0.4, 0.5) is 14.6 Å². The number of nitrogen functional groups attached to an aromatic ring is 1. The monoisotopic (exact) mass is 188 g/mol. The molecule has 0 radical (unpaired) electrons. The van der Waals surface area contributed by atoms with E-state index in [1.165, 1.54) is 7.11 Å². The summed E-state index contributed by atoms with van der Waals surface area (Å²) in [7, 11) is 1.33. The van der Waals surface area contributed by atoms with Gasteiger partial charge in [0.15, 0.2) is 0 Å². The Labute approximate surface area is 74.5 Å². The highest BCUT2D eigenvalue weighted by Gasteiger charge is 2.17. The molecule has 1 aromatic heterocycles. The van der Waals surface area contributed by atoms with Gasteiger partial charge in [0.05, 0.1) is 18.4 Å². The third kappa shape index (κ3) is 1.85. The maximum atomic E-state index is 12.4. The van der Waals surface area contributed by atoms with Gasteiger partial charge in [0, 0.05) is 0 Å². The largest absolute Gasteiger partial charge is 0.494 e. The zero-order chi connectivity index (χ0) is 10.0. The number of hydrogen-bond acceptors (Lipinski definition) is 3. The summed E-state index contributed by atoms with van der Waals surface area (Å²) < 4.78 is 29.6. The lowest BCUT2D eigenvalue weighted by atomic mass is 10.2. The predicted octanol–water partition coefficient (Wildman–Crippen LogP) is 1.92. The molecule has 1 rings (SSSR count). The first-order valence-electron chi connectivity index (χ1n) is 3.65. The quantitative estimate of drug-likeness (QED) is 0.771. The van der Waals surface area contributed by atoms with E-state index < -0.39 is 6.43 Å². The van der Waals surface area contributed by atoms with E-state index in [2.05, 4.69) is 4.98 Å². The van der Waals surface area contributed by atoms with E-state index in [0.29, 0.717) is 5.69 Å². The average molecular weight is 188 g/mol. The maximum absolute atomic E-state index is 12.4. The van der Waals surface area contributed by atoms with Gasteiger partial charge in [-0.3, -0.25) is 0 Å². The Morgan fingerprint density at radius 2 is 2.15 bits per heavy atom. The molecule has 0 unspecified atom stereocenters. The first kappa shape index (κ1) is 9.70. The molecule has 0 atom stereocenters. The molecule has 0 amide bonds. The van der Waals surface area contributed by atoms with Crippen LogP contribution in [0.3, 0.4) is 0 Å². The lowest BCUT2D eigenvalue weighted by molar-refractivity contribution is 0.147. The average Bonchev–Trinajstić information content (AvgIpc) is 2.02. The van der Waals surface area contributed by atoms with Crippen molar-refractivity contribution in [3.05, 3.63) is 17.3 Å². The Bertz CT molecular complexity index is 315. The van der Waals surface area contributed by atoms with E-state index in [9.17, 15) is 8.78 Å². The second-order valence-corrected chi connectivity index (χ2v) is 2.56. The molecular weight excluding hydrogens is 178 g/mol. The number of pyridine rings is 1. The number of rotatable bonds is 2. The fourth-order valence-corrected chi connectivity index (χ4v) is 1.14. The van der Waals surface area contributed by atoms with Crippen molar-refractivity contribution in [2.75, 3.05) is 12.8 Å². The van der Waals surface area contributed by atoms with Crippen LogP contribution >= 0.6 is 0 Å². The van der Waals surface area contributed by atoms with Crippen LogP contribution in [0.15, 0.2) is 6.07 Å². The van der Waals surface area contributed by atoms with Gasteiger partial charge in [-0.25, -0.2) is 13.8 Å². The van der Waals surface area contributed by atoms with Crippen molar-refractivity contribution < 1.29 is 13.5 Å². The van der Waals surface area contributed by atoms with E-state index in [1.807, 2.05) is 0 Å². The van der Waals surface area contributed by atoms with Gasteiger partial charge >= 0.3 is 0 Å². The molecule has 1 aromatic rings. The number of halogens is 2. The second kappa shape index (κ2) is 3.55. The number of aryl methyl sites for hydroxylation is 1. The minimum Gasteiger partial charge on any atom is -0.494 e. The number of aromatic nitrogens is 1. The molecule has 0 aliphatic carbocycles. The SMILES string of the molecule is COc1c(C(F)F)cc(N)nc1C. The number of anilines is 1. The van der Waals surface area contributed by atoms with E-state index in [1.54, 1.807) is 6.92 Å². The van der Waals surface area contributed by atoms with Crippen LogP contribution in [0.1, 0.15) is 17.7 Å². The van der Waals surface area contributed by atoms with Crippen molar-refractivity contribution in [2.24, 2.45) is 0 Å². The van der Waals surface area contributed by atoms with E-state index >= 15 is 0 Å². The molecule has 0 aromatic carbocycles. The molecule has 0 saturated carbocycles. The fraction of sp³-hybridized carbons (Fsp3) is 0.375. The van der Waals surface area contributed by atoms with Gasteiger partial charge in [0.25, 0.3) is 6.43 Å². The van der Waals surface area contributed by atoms with E-state index in [4.69, 9.17) is 10.5 Å². The minimum atomic E-state index is -2.60. The first-order valence-corrected chi connectivity index (χ1v) is 3.65. The molecule has 0 saturated heterocycles. The maximum Gasteiger partial charge on any atom is 0.267 e. The lowest BCUT2D eigenvalue weighted by Crippen LogP contribution is -2.01. The molecular formula is C8H10F2N2O. The predicted molar refractivity (Wildman–Crippen MR) is 44.9 cm³/mol. The number of nitrogens with zero attached hydrogens (tertiary/aromatic N) is 1. The smallest absolute Gasteiger partial charge is 0.267 e. The summed E-state index contributed by atoms with van der Waals surface area (Å²) >= 11 is 0. The summed E-state index contributed by atoms with van der Waals surface area (Å²) in [5.74, 6) is 0.179. The van der Waals surface area contributed by atoms with Crippen LogP contribution in [0.5, 0.6) is 5.75 Å². The molecule has 3 nitrogen and oxygen atoms in total. The topological polar surface area (TPSA) is 48.1 Å². The molecule has 13 heavy (non-hydrogen) atoms. The zero-order valence-corrected chi connectivity index (χ0v) is 7.34. The molecule has 0 aliphatic heterocycles. The third-order valence-corrected chi connectivity index (χ3v) is 1.63. The van der Waals surface area contributed by atoms with Crippen molar-refractivity contribution in [3.8, 4) is 5.75 Å². The molecule has 0 spiro atoms. The Hall–Kier alpha value is -1.39. The molecule has 72 valence electrons. The van der Waals surface area contributed by atoms with Gasteiger partial charge in [0.1, 0.15) is 11.6 Å². The minimum absolute atomic E-state index is 0.0774. The highest BCUT2D eigenvalue weighted by molar-refractivity contribution is 5.45. The molecule has 0 bridgehead atoms. The van der Waals surface area contributed by atoms with Gasteiger partial charge in [-0.1, -0.05) is 0 Å². The van der Waals surface area contributed by atoms with Crippen LogP contribution in [-0.4, -0.2) is 12.1 Å². The summed E-state index contributed by atoms with van der Waals surface area (Å²) in [6.45, 7) is 1.57. The first-order chi connectivity index (χ1) is 6.06. The summed E-state index contributed by atoms with van der Waals surface area (Å²) in [6.07, 6.45) is -2.60. The Balaban J connectivity index is 3.29. The summed E-state index contributed by atoms with van der Waals surface area (Å²) in [5.41, 5.74) is 5.48. The molecule has 0 aliphatic rings. The molecule has 0 fully saturated rings. The molecule has 5 heteroatoms. The molecule has 1 heterocycles. The highest BCUT2D eigenvalue weighted by atomic mass is 19.3. The van der Waals surface area contributed by atoms with Gasteiger partial charge < -0.3 is 10.5 Å². The number of alkyl halides is 2. The Morgan fingerprint density at radius 1 is 1.54 bits per heavy atom. The van der Waals surface area contributed by atoms with Crippen LogP contribution < -0.4 is 10.5 Å². The van der Waals surface area contributed by atoms with E-state index in [0.717, 1.165) is 6.07 Å². The van der Waals surface area contributed by atoms with Crippen LogP contribution in [0.2, 0.25) is 0 Å². The summed E-state index contributed by atoms with van der Waals surface area (Å²) in [6, 6.07) is 1.12. The number of ether oxygens (including phenoxy) is 1. The Morgan fingerprint density at radius 3 is 2.62 bits per heavy atom. The van der Waals surface area contributed by atoms with E-state index in [-0.39, 0.29) is 17.1 Å². The van der Waals surface area contributed by atoms with Gasteiger partial charge in [-0.2, -0.15) is 0 Å². The number of nitrogens with two attached hydrogens (primary N) is 1. The fourth-order valence-electron chi connectivity index (χ4n) is 1.14. The lowest BCUT2D eigenvalue weighted by Gasteiger charge is -2.10. The third-order valence-electron chi connectivity index (χ3n) is 1.63. The number of hydrogen-bond donors (Lipinski definition) is 1. The van der Waals surface area contributed by atoms with Crippen LogP contribution in [-0.2, 0) is 0 Å². The van der Waals surface area contributed by atoms with Crippen LogP contribution in [0.25, 0.3) is 0 Å². The van der Waals surface area contributed by atoms with Crippen molar-refractivity contribution in [1.29, 1.82) is 0 Å². The normalized spacial score (nSPS) is 10.5. The van der Waals surface area contributed by atoms with Crippen molar-refractivity contribution >= 4 is 5.82 Å². The molecule has 2 N–H and O–H groups in total. The number of methoxy groups -OCH3 is 1. The summed E-state index contributed by atoms with van der Waals surface area (Å²) in [4.78, 5) is 3.81. The van der Waals surface area contributed by atoms with Crippen molar-refractivity contribution in [3.63, 3.8) is 0 Å². The Kier molecular flexibility index (Phi) is 2.65. The van der Waals surface area contributed by atoms with Gasteiger partial charge in [-0.05, 0) is 13.0 Å². The van der Waals surface area contributed by atoms with Gasteiger partial charge in [-0.15, -0.1) is 0 Å². The standard InChI is InChI=1S/C8H10F2N2O/c1-4-7(13-2)5(8(9)10)3-6(11)12-4/h3,8H,1-2H3,(H2,11,12). The van der Waals surface area contributed by atoms with Crippen molar-refractivity contribution in [2.45, 2.75) is 13.3 Å². The van der Waals surface area contributed by atoms with Crippen LogP contribution in [0, 0.1) is 6.92 Å². The van der Waals surface area contributed by atoms with Gasteiger partial charge in [0.2, 0.25) is 0 Å².